The lowest BCUT2D eigenvalue weighted by Crippen LogP contribution is -2.29. The number of benzene rings is 2. The van der Waals surface area contributed by atoms with Crippen LogP contribution in [0, 0.1) is 0 Å². The molecule has 8 heteroatoms. The molecule has 2 aromatic carbocycles. The number of pyridine rings is 1. The Morgan fingerprint density at radius 3 is 2.34 bits per heavy atom. The smallest absolute Gasteiger partial charge is 0.295 e. The van der Waals surface area contributed by atoms with E-state index in [0.29, 0.717) is 21.9 Å². The maximum atomic E-state index is 13.1. The van der Waals surface area contributed by atoms with Gasteiger partial charge in [0.2, 0.25) is 0 Å². The zero-order valence-electron chi connectivity index (χ0n) is 17.0. The average molecular weight is 469 g/mol. The second-order valence-electron chi connectivity index (χ2n) is 7.18. The van der Waals surface area contributed by atoms with Crippen LogP contribution in [0.2, 0.25) is 10.0 Å². The largest absolute Gasteiger partial charge is 0.507 e. The predicted molar refractivity (Wildman–Crippen MR) is 122 cm³/mol. The van der Waals surface area contributed by atoms with Crippen LogP contribution in [-0.2, 0) is 16.1 Å². The highest BCUT2D eigenvalue weighted by Crippen LogP contribution is 2.41. The Bertz CT molecular complexity index is 1210. The highest BCUT2D eigenvalue weighted by molar-refractivity contribution is 6.46. The number of carbonyl (C=O) groups is 2. The van der Waals surface area contributed by atoms with E-state index in [1.165, 1.54) is 12.0 Å². The van der Waals surface area contributed by atoms with E-state index in [0.717, 1.165) is 5.56 Å². The Balaban J connectivity index is 1.86. The van der Waals surface area contributed by atoms with Crippen molar-refractivity contribution in [2.75, 3.05) is 7.11 Å². The van der Waals surface area contributed by atoms with Crippen molar-refractivity contribution < 1.29 is 19.4 Å². The average Bonchev–Trinajstić information content (AvgIpc) is 3.06. The molecule has 0 saturated carbocycles. The minimum absolute atomic E-state index is 0.0207. The van der Waals surface area contributed by atoms with Crippen LogP contribution in [0.3, 0.4) is 0 Å². The zero-order valence-corrected chi connectivity index (χ0v) is 18.5. The molecule has 0 bridgehead atoms. The number of aromatic nitrogens is 1. The van der Waals surface area contributed by atoms with Crippen LogP contribution in [-0.4, -0.2) is 33.8 Å². The number of Topliss-reactive ketones (excluding diaryl/α,β-unsaturated/α-hetero) is 1. The molecule has 2 heterocycles. The second kappa shape index (κ2) is 9.02. The summed E-state index contributed by atoms with van der Waals surface area (Å²) in [5.74, 6) is -1.17. The van der Waals surface area contributed by atoms with Crippen LogP contribution in [0.5, 0.6) is 5.75 Å². The van der Waals surface area contributed by atoms with Crippen LogP contribution >= 0.6 is 23.2 Å². The summed E-state index contributed by atoms with van der Waals surface area (Å²) >= 11 is 12.3. The minimum Gasteiger partial charge on any atom is -0.507 e. The molecule has 1 saturated heterocycles. The fourth-order valence-electron chi connectivity index (χ4n) is 3.66. The van der Waals surface area contributed by atoms with Crippen molar-refractivity contribution >= 4 is 40.7 Å². The summed E-state index contributed by atoms with van der Waals surface area (Å²) < 4.78 is 5.15. The Hall–Kier alpha value is -3.35. The molecule has 32 heavy (non-hydrogen) atoms. The molecule has 1 fully saturated rings. The minimum atomic E-state index is -0.847. The van der Waals surface area contributed by atoms with Gasteiger partial charge in [-0.2, -0.15) is 0 Å². The zero-order chi connectivity index (χ0) is 22.8. The molecule has 1 aromatic heterocycles. The van der Waals surface area contributed by atoms with E-state index in [-0.39, 0.29) is 22.9 Å². The van der Waals surface area contributed by atoms with E-state index in [2.05, 4.69) is 4.98 Å². The second-order valence-corrected chi connectivity index (χ2v) is 8.00. The summed E-state index contributed by atoms with van der Waals surface area (Å²) in [6.07, 6.45) is 3.22. The lowest BCUT2D eigenvalue weighted by molar-refractivity contribution is -0.140. The number of hydrogen-bond acceptors (Lipinski definition) is 5. The number of methoxy groups -OCH3 is 1. The van der Waals surface area contributed by atoms with Crippen molar-refractivity contribution in [2.45, 2.75) is 12.6 Å². The lowest BCUT2D eigenvalue weighted by atomic mass is 9.95. The van der Waals surface area contributed by atoms with E-state index < -0.39 is 17.7 Å². The van der Waals surface area contributed by atoms with Crippen molar-refractivity contribution in [1.82, 2.24) is 9.88 Å². The van der Waals surface area contributed by atoms with E-state index in [9.17, 15) is 14.7 Å². The molecule has 4 rings (SSSR count). The van der Waals surface area contributed by atoms with Crippen molar-refractivity contribution in [3.8, 4) is 5.75 Å². The lowest BCUT2D eigenvalue weighted by Gasteiger charge is -2.25. The first kappa shape index (κ1) is 21.9. The number of carbonyl (C=O) groups excluding carboxylic acids is 2. The Kier molecular flexibility index (Phi) is 6.17. The number of ketones is 1. The Morgan fingerprint density at radius 1 is 1.03 bits per heavy atom. The van der Waals surface area contributed by atoms with Crippen molar-refractivity contribution in [2.24, 2.45) is 0 Å². The standard InChI is InChI=1S/C24H18Cl2N2O4/c1-32-17-5-2-15(3-6-17)22(29)20-21(16-4-7-18(25)19(26)12-16)28(24(31)23(20)30)13-14-8-10-27-11-9-14/h2-12,21,29H,13H2,1H3/t21-/m0/s1. The number of likely N-dealkylation sites (tertiary alicyclic amines) is 1. The van der Waals surface area contributed by atoms with E-state index in [1.807, 2.05) is 0 Å². The molecule has 1 aliphatic rings. The van der Waals surface area contributed by atoms with Gasteiger partial charge in [0.1, 0.15) is 11.5 Å². The molecule has 0 radical (unpaired) electrons. The molecule has 162 valence electrons. The molecule has 0 spiro atoms. The Morgan fingerprint density at radius 2 is 1.72 bits per heavy atom. The maximum absolute atomic E-state index is 13.1. The third-order valence-corrected chi connectivity index (χ3v) is 6.00. The van der Waals surface area contributed by atoms with Crippen LogP contribution in [0.4, 0.5) is 0 Å². The highest BCUT2D eigenvalue weighted by atomic mass is 35.5. The molecule has 1 aliphatic heterocycles. The summed E-state index contributed by atoms with van der Waals surface area (Å²) in [5, 5.41) is 11.7. The molecular weight excluding hydrogens is 451 g/mol. The highest BCUT2D eigenvalue weighted by Gasteiger charge is 2.46. The molecular formula is C24H18Cl2N2O4. The van der Waals surface area contributed by atoms with Gasteiger partial charge in [0.25, 0.3) is 11.7 Å². The quantitative estimate of drug-likeness (QED) is 0.323. The number of nitrogens with zero attached hydrogens (tertiary/aromatic N) is 2. The number of hydrogen-bond donors (Lipinski definition) is 1. The normalized spacial score (nSPS) is 17.6. The monoisotopic (exact) mass is 468 g/mol. The number of aliphatic hydroxyl groups excluding tert-OH is 1. The van der Waals surface area contributed by atoms with Gasteiger partial charge in [-0.3, -0.25) is 14.6 Å². The van der Waals surface area contributed by atoms with Gasteiger partial charge in [0, 0.05) is 24.5 Å². The molecule has 6 nitrogen and oxygen atoms in total. The predicted octanol–water partition coefficient (Wildman–Crippen LogP) is 5.02. The van der Waals surface area contributed by atoms with Gasteiger partial charge in [0.15, 0.2) is 0 Å². The molecule has 0 aliphatic carbocycles. The van der Waals surface area contributed by atoms with Crippen LogP contribution in [0.15, 0.2) is 72.6 Å². The molecule has 3 aromatic rings. The summed E-state index contributed by atoms with van der Waals surface area (Å²) in [7, 11) is 1.53. The van der Waals surface area contributed by atoms with Gasteiger partial charge < -0.3 is 14.7 Å². The fourth-order valence-corrected chi connectivity index (χ4v) is 3.97. The van der Waals surface area contributed by atoms with E-state index in [4.69, 9.17) is 27.9 Å². The SMILES string of the molecule is COc1ccc(C(O)=C2C(=O)C(=O)N(Cc3ccncc3)[C@H]2c2ccc(Cl)c(Cl)c2)cc1. The number of amides is 1. The molecule has 0 unspecified atom stereocenters. The van der Waals surface area contributed by atoms with Gasteiger partial charge >= 0.3 is 0 Å². The van der Waals surface area contributed by atoms with Gasteiger partial charge in [-0.25, -0.2) is 0 Å². The Labute approximate surface area is 194 Å². The van der Waals surface area contributed by atoms with Crippen molar-refractivity contribution in [1.29, 1.82) is 0 Å². The number of halogens is 2. The van der Waals surface area contributed by atoms with Crippen molar-refractivity contribution in [3.05, 3.63) is 99.3 Å². The van der Waals surface area contributed by atoms with Gasteiger partial charge in [-0.05, 0) is 59.7 Å². The van der Waals surface area contributed by atoms with Crippen LogP contribution in [0.1, 0.15) is 22.7 Å². The van der Waals surface area contributed by atoms with Crippen molar-refractivity contribution in [3.63, 3.8) is 0 Å². The molecule has 1 amide bonds. The maximum Gasteiger partial charge on any atom is 0.295 e. The number of aliphatic hydroxyl groups is 1. The summed E-state index contributed by atoms with van der Waals surface area (Å²) in [4.78, 5) is 31.5. The summed E-state index contributed by atoms with van der Waals surface area (Å²) in [6.45, 7) is 0.150. The third-order valence-electron chi connectivity index (χ3n) is 5.27. The summed E-state index contributed by atoms with van der Waals surface area (Å²) in [6, 6.07) is 14.1. The molecule has 1 N–H and O–H groups in total. The summed E-state index contributed by atoms with van der Waals surface area (Å²) in [5.41, 5.74) is 1.71. The topological polar surface area (TPSA) is 79.7 Å². The fraction of sp³-hybridized carbons (Fsp3) is 0.125. The molecule has 1 atom stereocenters. The first-order valence-electron chi connectivity index (χ1n) is 9.67. The first-order valence-corrected chi connectivity index (χ1v) is 10.4. The van der Waals surface area contributed by atoms with Crippen LogP contribution in [0.25, 0.3) is 5.76 Å². The number of ether oxygens (including phenoxy) is 1. The third kappa shape index (κ3) is 4.07. The first-order chi connectivity index (χ1) is 15.4. The van der Waals surface area contributed by atoms with Gasteiger partial charge in [-0.1, -0.05) is 29.3 Å². The van der Waals surface area contributed by atoms with Gasteiger partial charge in [-0.15, -0.1) is 0 Å². The van der Waals surface area contributed by atoms with E-state index in [1.54, 1.807) is 67.0 Å². The van der Waals surface area contributed by atoms with Gasteiger partial charge in [0.05, 0.1) is 28.8 Å². The number of rotatable bonds is 5. The van der Waals surface area contributed by atoms with E-state index >= 15 is 0 Å². The van der Waals surface area contributed by atoms with Crippen LogP contribution < -0.4 is 4.74 Å².